The van der Waals surface area contributed by atoms with Crippen molar-refractivity contribution in [3.8, 4) is 0 Å². The Labute approximate surface area is 109 Å². The van der Waals surface area contributed by atoms with Crippen molar-refractivity contribution in [2.24, 2.45) is 17.6 Å². The highest BCUT2D eigenvalue weighted by Crippen LogP contribution is 2.40. The Morgan fingerprint density at radius 1 is 1.53 bits per heavy atom. The molecule has 0 aromatic carbocycles. The normalized spacial score (nSPS) is 19.1. The Kier molecular flexibility index (Phi) is 5.80. The van der Waals surface area contributed by atoms with Crippen LogP contribution in [0.2, 0.25) is 0 Å². The van der Waals surface area contributed by atoms with Gasteiger partial charge in [0, 0.05) is 5.75 Å². The molecule has 0 amide bonds. The number of thioether (sulfide) groups is 1. The van der Waals surface area contributed by atoms with Crippen LogP contribution in [0.1, 0.15) is 40.0 Å². The molecule has 1 atom stereocenters. The van der Waals surface area contributed by atoms with Crippen LogP contribution >= 0.6 is 11.8 Å². The molecule has 0 aromatic rings. The molecule has 100 valence electrons. The highest BCUT2D eigenvalue weighted by molar-refractivity contribution is 7.99. The molecule has 0 bridgehead atoms. The molecule has 1 unspecified atom stereocenters. The van der Waals surface area contributed by atoms with E-state index in [1.165, 1.54) is 6.42 Å². The van der Waals surface area contributed by atoms with Crippen molar-refractivity contribution in [3.05, 3.63) is 0 Å². The monoisotopic (exact) mass is 259 g/mol. The Morgan fingerprint density at radius 2 is 2.18 bits per heavy atom. The lowest BCUT2D eigenvalue weighted by Crippen LogP contribution is -2.53. The lowest BCUT2D eigenvalue weighted by molar-refractivity contribution is -0.149. The van der Waals surface area contributed by atoms with Gasteiger partial charge < -0.3 is 10.5 Å². The number of ether oxygens (including phenoxy) is 1. The van der Waals surface area contributed by atoms with Gasteiger partial charge in [0.05, 0.1) is 6.61 Å². The van der Waals surface area contributed by atoms with Gasteiger partial charge in [-0.1, -0.05) is 13.8 Å². The summed E-state index contributed by atoms with van der Waals surface area (Å²) in [5.41, 5.74) is 5.52. The van der Waals surface area contributed by atoms with E-state index in [0.717, 1.165) is 18.6 Å². The van der Waals surface area contributed by atoms with Gasteiger partial charge in [-0.15, -0.1) is 0 Å². The second-order valence-electron chi connectivity index (χ2n) is 5.27. The molecule has 4 heteroatoms. The molecule has 1 aliphatic carbocycles. The predicted octanol–water partition coefficient (Wildman–Crippen LogP) is 2.44. The van der Waals surface area contributed by atoms with Gasteiger partial charge in [0.1, 0.15) is 5.54 Å². The first-order chi connectivity index (χ1) is 8.00. The summed E-state index contributed by atoms with van der Waals surface area (Å²) in [5.74, 6) is 2.61. The fourth-order valence-electron chi connectivity index (χ4n) is 1.77. The highest BCUT2D eigenvalue weighted by atomic mass is 32.2. The van der Waals surface area contributed by atoms with E-state index in [1.807, 2.05) is 6.92 Å². The van der Waals surface area contributed by atoms with Crippen LogP contribution in [-0.4, -0.2) is 29.6 Å². The van der Waals surface area contributed by atoms with Crippen molar-refractivity contribution >= 4 is 17.7 Å². The maximum atomic E-state index is 11.9. The summed E-state index contributed by atoms with van der Waals surface area (Å²) in [5, 5.41) is 0. The van der Waals surface area contributed by atoms with E-state index in [2.05, 4.69) is 13.8 Å². The van der Waals surface area contributed by atoms with Crippen LogP contribution in [0.25, 0.3) is 0 Å². The maximum Gasteiger partial charge on any atom is 0.327 e. The van der Waals surface area contributed by atoms with Crippen LogP contribution in [0.4, 0.5) is 0 Å². The zero-order valence-corrected chi connectivity index (χ0v) is 12.0. The molecule has 0 spiro atoms. The van der Waals surface area contributed by atoms with Gasteiger partial charge in [0.15, 0.2) is 0 Å². The molecule has 0 heterocycles. The van der Waals surface area contributed by atoms with Crippen LogP contribution in [0.15, 0.2) is 0 Å². The van der Waals surface area contributed by atoms with E-state index in [-0.39, 0.29) is 5.97 Å². The Hall–Kier alpha value is -0.220. The molecule has 1 aliphatic rings. The molecule has 17 heavy (non-hydrogen) atoms. The summed E-state index contributed by atoms with van der Waals surface area (Å²) in [6.07, 6.45) is 3.31. The third-order valence-corrected chi connectivity index (χ3v) is 4.35. The Morgan fingerprint density at radius 3 is 2.65 bits per heavy atom. The fraction of sp³-hybridized carbons (Fsp3) is 0.923. The van der Waals surface area contributed by atoms with E-state index in [4.69, 9.17) is 10.5 Å². The molecule has 1 saturated carbocycles. The number of rotatable bonds is 8. The van der Waals surface area contributed by atoms with Crippen LogP contribution in [0, 0.1) is 11.8 Å². The van der Waals surface area contributed by atoms with Crippen LogP contribution in [0.3, 0.4) is 0 Å². The summed E-state index contributed by atoms with van der Waals surface area (Å²) in [6.45, 7) is 6.67. The summed E-state index contributed by atoms with van der Waals surface area (Å²) in [7, 11) is 0. The second-order valence-corrected chi connectivity index (χ2v) is 6.38. The molecule has 0 aromatic heterocycles. The van der Waals surface area contributed by atoms with Crippen LogP contribution in [-0.2, 0) is 9.53 Å². The summed E-state index contributed by atoms with van der Waals surface area (Å²) >= 11 is 1.79. The van der Waals surface area contributed by atoms with Crippen molar-refractivity contribution in [3.63, 3.8) is 0 Å². The number of hydrogen-bond donors (Lipinski definition) is 1. The van der Waals surface area contributed by atoms with Gasteiger partial charge in [-0.2, -0.15) is 11.8 Å². The van der Waals surface area contributed by atoms with Crippen molar-refractivity contribution in [1.29, 1.82) is 0 Å². The Balaban J connectivity index is 2.39. The van der Waals surface area contributed by atoms with Gasteiger partial charge >= 0.3 is 5.97 Å². The molecule has 0 radical (unpaired) electrons. The lowest BCUT2D eigenvalue weighted by Gasteiger charge is -2.26. The quantitative estimate of drug-likeness (QED) is 0.537. The molecule has 0 aliphatic heterocycles. The fourth-order valence-corrected chi connectivity index (χ4v) is 3.24. The standard InChI is InChI=1S/C13H25NO2S/c1-4-16-12(15)13(14,11-5-6-11)9-17-8-7-10(2)3/h10-11H,4-9,14H2,1-3H3. The van der Waals surface area contributed by atoms with Crippen molar-refractivity contribution in [2.45, 2.75) is 45.6 Å². The number of nitrogens with two attached hydrogens (primary N) is 1. The smallest absolute Gasteiger partial charge is 0.327 e. The third kappa shape index (κ3) is 4.51. The predicted molar refractivity (Wildman–Crippen MR) is 73.1 cm³/mol. The first kappa shape index (κ1) is 14.8. The van der Waals surface area contributed by atoms with Crippen LogP contribution in [0.5, 0.6) is 0 Å². The SMILES string of the molecule is CCOC(=O)C(N)(CSCCC(C)C)C1CC1. The first-order valence-electron chi connectivity index (χ1n) is 6.54. The maximum absolute atomic E-state index is 11.9. The largest absolute Gasteiger partial charge is 0.465 e. The summed E-state index contributed by atoms with van der Waals surface area (Å²) in [6, 6.07) is 0. The van der Waals surface area contributed by atoms with Crippen molar-refractivity contribution in [1.82, 2.24) is 0 Å². The number of carbonyl (C=O) groups is 1. The average molecular weight is 259 g/mol. The van der Waals surface area contributed by atoms with E-state index >= 15 is 0 Å². The number of esters is 1. The molecular formula is C13H25NO2S. The number of hydrogen-bond acceptors (Lipinski definition) is 4. The minimum absolute atomic E-state index is 0.209. The molecule has 2 N–H and O–H groups in total. The minimum atomic E-state index is -0.738. The number of carbonyl (C=O) groups excluding carboxylic acids is 1. The topological polar surface area (TPSA) is 52.3 Å². The van der Waals surface area contributed by atoms with Gasteiger partial charge in [-0.25, -0.2) is 0 Å². The highest BCUT2D eigenvalue weighted by Gasteiger charge is 2.48. The molecular weight excluding hydrogens is 234 g/mol. The zero-order chi connectivity index (χ0) is 12.9. The van der Waals surface area contributed by atoms with Crippen molar-refractivity contribution < 1.29 is 9.53 Å². The Bertz CT molecular complexity index is 254. The van der Waals surface area contributed by atoms with Gasteiger partial charge in [0.2, 0.25) is 0 Å². The van der Waals surface area contributed by atoms with E-state index in [9.17, 15) is 4.79 Å². The molecule has 3 nitrogen and oxygen atoms in total. The van der Waals surface area contributed by atoms with E-state index in [1.54, 1.807) is 11.8 Å². The third-order valence-electron chi connectivity index (χ3n) is 3.14. The van der Waals surface area contributed by atoms with E-state index in [0.29, 0.717) is 24.2 Å². The van der Waals surface area contributed by atoms with E-state index < -0.39 is 5.54 Å². The molecule has 1 rings (SSSR count). The zero-order valence-electron chi connectivity index (χ0n) is 11.2. The minimum Gasteiger partial charge on any atom is -0.465 e. The molecule has 1 fully saturated rings. The first-order valence-corrected chi connectivity index (χ1v) is 7.70. The second kappa shape index (κ2) is 6.64. The van der Waals surface area contributed by atoms with Gasteiger partial charge in [-0.3, -0.25) is 4.79 Å². The van der Waals surface area contributed by atoms with Crippen molar-refractivity contribution in [2.75, 3.05) is 18.1 Å². The van der Waals surface area contributed by atoms with Crippen LogP contribution < -0.4 is 5.73 Å². The average Bonchev–Trinajstić information content (AvgIpc) is 3.08. The van der Waals surface area contributed by atoms with Gasteiger partial charge in [-0.05, 0) is 43.8 Å². The lowest BCUT2D eigenvalue weighted by atomic mass is 9.97. The molecule has 0 saturated heterocycles. The van der Waals surface area contributed by atoms with Gasteiger partial charge in [0.25, 0.3) is 0 Å². The summed E-state index contributed by atoms with van der Waals surface area (Å²) in [4.78, 5) is 11.9. The summed E-state index contributed by atoms with van der Waals surface area (Å²) < 4.78 is 5.11.